The van der Waals surface area contributed by atoms with E-state index in [2.05, 4.69) is 39.0 Å². The zero-order chi connectivity index (χ0) is 13.7. The SMILES string of the molecule is CC1(C)OC[C@H]2[C@H]1CC[C@]2(C)c1ccc(C#N)cc1. The van der Waals surface area contributed by atoms with Gasteiger partial charge in [0, 0.05) is 0 Å². The Morgan fingerprint density at radius 1 is 1.16 bits per heavy atom. The molecule has 1 aromatic rings. The zero-order valence-corrected chi connectivity index (χ0v) is 11.9. The topological polar surface area (TPSA) is 33.0 Å². The predicted molar refractivity (Wildman–Crippen MR) is 74.8 cm³/mol. The van der Waals surface area contributed by atoms with E-state index >= 15 is 0 Å². The second-order valence-electron chi connectivity index (χ2n) is 6.77. The zero-order valence-electron chi connectivity index (χ0n) is 11.9. The van der Waals surface area contributed by atoms with Crippen molar-refractivity contribution in [1.82, 2.24) is 0 Å². The lowest BCUT2D eigenvalue weighted by molar-refractivity contribution is 0.00724. The van der Waals surface area contributed by atoms with Gasteiger partial charge in [0.25, 0.3) is 0 Å². The van der Waals surface area contributed by atoms with Crippen molar-refractivity contribution in [3.63, 3.8) is 0 Å². The Labute approximate surface area is 115 Å². The maximum atomic E-state index is 8.91. The minimum Gasteiger partial charge on any atom is -0.375 e. The second kappa shape index (κ2) is 4.08. The van der Waals surface area contributed by atoms with E-state index in [4.69, 9.17) is 10.00 Å². The van der Waals surface area contributed by atoms with Crippen LogP contribution in [0.4, 0.5) is 0 Å². The molecule has 0 spiro atoms. The third kappa shape index (κ3) is 1.80. The highest BCUT2D eigenvalue weighted by Crippen LogP contribution is 2.56. The maximum Gasteiger partial charge on any atom is 0.0991 e. The van der Waals surface area contributed by atoms with E-state index in [-0.39, 0.29) is 11.0 Å². The summed E-state index contributed by atoms with van der Waals surface area (Å²) in [6.45, 7) is 7.68. The molecule has 3 rings (SSSR count). The fraction of sp³-hybridized carbons (Fsp3) is 0.588. The average Bonchev–Trinajstić information content (AvgIpc) is 2.90. The highest BCUT2D eigenvalue weighted by atomic mass is 16.5. The van der Waals surface area contributed by atoms with Crippen LogP contribution in [0.15, 0.2) is 24.3 Å². The van der Waals surface area contributed by atoms with Crippen molar-refractivity contribution in [2.75, 3.05) is 6.61 Å². The van der Waals surface area contributed by atoms with Gasteiger partial charge in [0.15, 0.2) is 0 Å². The van der Waals surface area contributed by atoms with Gasteiger partial charge in [-0.25, -0.2) is 0 Å². The smallest absolute Gasteiger partial charge is 0.0991 e. The van der Waals surface area contributed by atoms with E-state index in [9.17, 15) is 0 Å². The molecule has 0 unspecified atom stereocenters. The van der Waals surface area contributed by atoms with Crippen LogP contribution < -0.4 is 0 Å². The first-order valence-electron chi connectivity index (χ1n) is 7.12. The molecule has 1 saturated carbocycles. The molecule has 0 amide bonds. The number of fused-ring (bicyclic) bond motifs is 1. The van der Waals surface area contributed by atoms with E-state index in [1.165, 1.54) is 18.4 Å². The van der Waals surface area contributed by atoms with Crippen LogP contribution in [0.25, 0.3) is 0 Å². The molecular formula is C17H21NO. The van der Waals surface area contributed by atoms with Gasteiger partial charge < -0.3 is 4.74 Å². The molecule has 0 N–H and O–H groups in total. The van der Waals surface area contributed by atoms with Crippen molar-refractivity contribution in [3.8, 4) is 6.07 Å². The van der Waals surface area contributed by atoms with Crippen molar-refractivity contribution >= 4 is 0 Å². The number of nitriles is 1. The van der Waals surface area contributed by atoms with Crippen LogP contribution in [-0.4, -0.2) is 12.2 Å². The molecule has 0 bridgehead atoms. The van der Waals surface area contributed by atoms with Crippen molar-refractivity contribution in [2.45, 2.75) is 44.6 Å². The quantitative estimate of drug-likeness (QED) is 0.767. The molecule has 0 aromatic heterocycles. The van der Waals surface area contributed by atoms with Gasteiger partial charge in [-0.15, -0.1) is 0 Å². The lowest BCUT2D eigenvalue weighted by atomic mass is 9.71. The summed E-state index contributed by atoms with van der Waals surface area (Å²) in [7, 11) is 0. The minimum absolute atomic E-state index is 0.0228. The molecule has 1 aliphatic heterocycles. The number of hydrogen-bond donors (Lipinski definition) is 0. The van der Waals surface area contributed by atoms with E-state index in [1.807, 2.05) is 12.1 Å². The minimum atomic E-state index is 0.0228. The van der Waals surface area contributed by atoms with Crippen LogP contribution in [0.2, 0.25) is 0 Å². The number of nitrogens with zero attached hydrogens (tertiary/aromatic N) is 1. The Morgan fingerprint density at radius 3 is 2.47 bits per heavy atom. The number of benzene rings is 1. The Morgan fingerprint density at radius 2 is 1.84 bits per heavy atom. The van der Waals surface area contributed by atoms with E-state index in [0.29, 0.717) is 11.8 Å². The summed E-state index contributed by atoms with van der Waals surface area (Å²) in [6.07, 6.45) is 2.47. The highest BCUT2D eigenvalue weighted by Gasteiger charge is 2.55. The highest BCUT2D eigenvalue weighted by molar-refractivity contribution is 5.36. The summed E-state index contributed by atoms with van der Waals surface area (Å²) >= 11 is 0. The van der Waals surface area contributed by atoms with Crippen molar-refractivity contribution in [3.05, 3.63) is 35.4 Å². The Bertz CT molecular complexity index is 525. The summed E-state index contributed by atoms with van der Waals surface area (Å²) in [6, 6.07) is 10.3. The lowest BCUT2D eigenvalue weighted by Gasteiger charge is -2.31. The molecular weight excluding hydrogens is 234 g/mol. The first kappa shape index (κ1) is 12.7. The molecule has 0 radical (unpaired) electrons. The number of hydrogen-bond acceptors (Lipinski definition) is 2. The predicted octanol–water partition coefficient (Wildman–Crippen LogP) is 3.65. The Hall–Kier alpha value is -1.33. The lowest BCUT2D eigenvalue weighted by Crippen LogP contribution is -2.32. The second-order valence-corrected chi connectivity index (χ2v) is 6.77. The standard InChI is InChI=1S/C17H21NO/c1-16(2)14-8-9-17(3,15(14)11-19-16)13-6-4-12(10-18)5-7-13/h4-7,14-15H,8-9,11H2,1-3H3/t14-,15+,17-/m1/s1. The van der Waals surface area contributed by atoms with Crippen molar-refractivity contribution in [1.29, 1.82) is 5.26 Å². The molecule has 2 heteroatoms. The van der Waals surface area contributed by atoms with Gasteiger partial charge in [-0.2, -0.15) is 5.26 Å². The summed E-state index contributed by atoms with van der Waals surface area (Å²) in [5, 5.41) is 8.91. The van der Waals surface area contributed by atoms with E-state index in [1.54, 1.807) is 0 Å². The number of rotatable bonds is 1. The fourth-order valence-corrected chi connectivity index (χ4v) is 4.11. The van der Waals surface area contributed by atoms with Crippen LogP contribution in [0.3, 0.4) is 0 Å². The van der Waals surface area contributed by atoms with Gasteiger partial charge in [0.05, 0.1) is 23.8 Å². The molecule has 3 atom stereocenters. The monoisotopic (exact) mass is 255 g/mol. The molecule has 100 valence electrons. The van der Waals surface area contributed by atoms with Gasteiger partial charge in [-0.3, -0.25) is 0 Å². The molecule has 2 nitrogen and oxygen atoms in total. The van der Waals surface area contributed by atoms with Gasteiger partial charge in [-0.1, -0.05) is 19.1 Å². The summed E-state index contributed by atoms with van der Waals surface area (Å²) in [5.74, 6) is 1.27. The Balaban J connectivity index is 1.94. The molecule has 2 aliphatic rings. The maximum absolute atomic E-state index is 8.91. The van der Waals surface area contributed by atoms with Crippen LogP contribution >= 0.6 is 0 Å². The van der Waals surface area contributed by atoms with Gasteiger partial charge in [-0.05, 0) is 61.6 Å². The van der Waals surface area contributed by atoms with Crippen LogP contribution in [0.5, 0.6) is 0 Å². The van der Waals surface area contributed by atoms with Crippen molar-refractivity contribution in [2.24, 2.45) is 11.8 Å². The van der Waals surface area contributed by atoms with E-state index < -0.39 is 0 Å². The van der Waals surface area contributed by atoms with E-state index in [0.717, 1.165) is 12.2 Å². The van der Waals surface area contributed by atoms with Crippen molar-refractivity contribution < 1.29 is 4.74 Å². The number of ether oxygens (including phenoxy) is 1. The molecule has 1 aromatic carbocycles. The molecule has 19 heavy (non-hydrogen) atoms. The van der Waals surface area contributed by atoms with Crippen LogP contribution in [-0.2, 0) is 10.2 Å². The third-order valence-electron chi connectivity index (χ3n) is 5.48. The summed E-state index contributed by atoms with van der Waals surface area (Å²) in [4.78, 5) is 0. The first-order valence-corrected chi connectivity index (χ1v) is 7.12. The van der Waals surface area contributed by atoms with Gasteiger partial charge in [0.2, 0.25) is 0 Å². The average molecular weight is 255 g/mol. The first-order chi connectivity index (χ1) is 8.97. The third-order valence-corrected chi connectivity index (χ3v) is 5.48. The fourth-order valence-electron chi connectivity index (χ4n) is 4.11. The molecule has 2 fully saturated rings. The largest absolute Gasteiger partial charge is 0.375 e. The summed E-state index contributed by atoms with van der Waals surface area (Å²) in [5.41, 5.74) is 2.33. The normalized spacial score (nSPS) is 35.9. The van der Waals surface area contributed by atoms with Gasteiger partial charge >= 0.3 is 0 Å². The van der Waals surface area contributed by atoms with Crippen LogP contribution in [0.1, 0.15) is 44.7 Å². The summed E-state index contributed by atoms with van der Waals surface area (Å²) < 4.78 is 6.02. The molecule has 1 aliphatic carbocycles. The Kier molecular flexibility index (Phi) is 2.73. The van der Waals surface area contributed by atoms with Gasteiger partial charge in [0.1, 0.15) is 0 Å². The molecule has 1 heterocycles. The molecule has 1 saturated heterocycles. The van der Waals surface area contributed by atoms with Crippen LogP contribution in [0, 0.1) is 23.2 Å².